The highest BCUT2D eigenvalue weighted by Crippen LogP contribution is 2.23. The SMILES string of the molecule is CC(C)(C)CN1CC(OC(=O)C(C)(C)C)C1. The Bertz CT molecular complexity index is 254. The highest BCUT2D eigenvalue weighted by Gasteiger charge is 2.34. The van der Waals surface area contributed by atoms with Crippen LogP contribution < -0.4 is 0 Å². The average molecular weight is 227 g/mol. The lowest BCUT2D eigenvalue weighted by Crippen LogP contribution is -2.55. The number of rotatable bonds is 2. The van der Waals surface area contributed by atoms with E-state index in [2.05, 4.69) is 25.7 Å². The molecule has 1 saturated heterocycles. The molecule has 0 aromatic heterocycles. The second-order valence-electron chi connectivity index (χ2n) is 7.03. The number of carbonyl (C=O) groups is 1. The fraction of sp³-hybridized carbons (Fsp3) is 0.923. The van der Waals surface area contributed by atoms with E-state index in [-0.39, 0.29) is 17.5 Å². The Morgan fingerprint density at radius 3 is 2.06 bits per heavy atom. The number of carbonyl (C=O) groups excluding carboxylic acids is 1. The zero-order chi connectivity index (χ0) is 12.6. The summed E-state index contributed by atoms with van der Waals surface area (Å²) < 4.78 is 5.41. The lowest BCUT2D eigenvalue weighted by Gasteiger charge is -2.42. The van der Waals surface area contributed by atoms with E-state index < -0.39 is 0 Å². The standard InChI is InChI=1S/C13H25NO2/c1-12(2,3)9-14-7-10(8-14)16-11(15)13(4,5)6/h10H,7-9H2,1-6H3. The first-order valence-electron chi connectivity index (χ1n) is 6.01. The molecule has 16 heavy (non-hydrogen) atoms. The smallest absolute Gasteiger partial charge is 0.311 e. The predicted octanol–water partition coefficient (Wildman–Crippen LogP) is 2.31. The first kappa shape index (κ1) is 13.5. The maximum Gasteiger partial charge on any atom is 0.311 e. The minimum Gasteiger partial charge on any atom is -0.459 e. The van der Waals surface area contributed by atoms with Crippen LogP contribution in [0.15, 0.2) is 0 Å². The molecule has 0 radical (unpaired) electrons. The van der Waals surface area contributed by atoms with Crippen LogP contribution >= 0.6 is 0 Å². The molecule has 0 aliphatic carbocycles. The summed E-state index contributed by atoms with van der Waals surface area (Å²) in [6.45, 7) is 15.2. The normalized spacial score (nSPS) is 19.4. The molecule has 1 heterocycles. The molecule has 0 saturated carbocycles. The summed E-state index contributed by atoms with van der Waals surface area (Å²) in [4.78, 5) is 14.0. The van der Waals surface area contributed by atoms with Gasteiger partial charge in [-0.1, -0.05) is 20.8 Å². The van der Waals surface area contributed by atoms with Crippen molar-refractivity contribution in [2.24, 2.45) is 10.8 Å². The first-order chi connectivity index (χ1) is 7.08. The summed E-state index contributed by atoms with van der Waals surface area (Å²) >= 11 is 0. The monoisotopic (exact) mass is 227 g/mol. The zero-order valence-electron chi connectivity index (χ0n) is 11.5. The molecular weight excluding hydrogens is 202 g/mol. The van der Waals surface area contributed by atoms with Crippen LogP contribution in [0.5, 0.6) is 0 Å². The van der Waals surface area contributed by atoms with E-state index in [1.807, 2.05) is 20.8 Å². The van der Waals surface area contributed by atoms with Crippen molar-refractivity contribution in [3.8, 4) is 0 Å². The average Bonchev–Trinajstić information content (AvgIpc) is 1.95. The van der Waals surface area contributed by atoms with Crippen molar-refractivity contribution >= 4 is 5.97 Å². The van der Waals surface area contributed by atoms with Crippen LogP contribution in [0.25, 0.3) is 0 Å². The minimum atomic E-state index is -0.384. The molecule has 0 atom stereocenters. The van der Waals surface area contributed by atoms with Gasteiger partial charge in [-0.25, -0.2) is 0 Å². The summed E-state index contributed by atoms with van der Waals surface area (Å²) in [7, 11) is 0. The van der Waals surface area contributed by atoms with Crippen LogP contribution in [0.2, 0.25) is 0 Å². The maximum absolute atomic E-state index is 11.6. The number of hydrogen-bond donors (Lipinski definition) is 0. The molecule has 1 fully saturated rings. The highest BCUT2D eigenvalue weighted by atomic mass is 16.5. The van der Waals surface area contributed by atoms with Gasteiger partial charge in [-0.3, -0.25) is 9.69 Å². The topological polar surface area (TPSA) is 29.5 Å². The molecule has 94 valence electrons. The first-order valence-corrected chi connectivity index (χ1v) is 6.01. The third-order valence-electron chi connectivity index (χ3n) is 2.51. The van der Waals surface area contributed by atoms with Gasteiger partial charge in [-0.15, -0.1) is 0 Å². The predicted molar refractivity (Wildman–Crippen MR) is 65.2 cm³/mol. The van der Waals surface area contributed by atoms with E-state index in [0.29, 0.717) is 5.41 Å². The largest absolute Gasteiger partial charge is 0.459 e. The summed E-state index contributed by atoms with van der Waals surface area (Å²) in [6, 6.07) is 0. The molecule has 0 N–H and O–H groups in total. The lowest BCUT2D eigenvalue weighted by molar-refractivity contribution is -0.167. The van der Waals surface area contributed by atoms with Crippen LogP contribution in [-0.2, 0) is 9.53 Å². The molecule has 3 nitrogen and oxygen atoms in total. The van der Waals surface area contributed by atoms with Crippen molar-refractivity contribution in [3.05, 3.63) is 0 Å². The van der Waals surface area contributed by atoms with Crippen LogP contribution in [0.1, 0.15) is 41.5 Å². The second kappa shape index (κ2) is 4.36. The van der Waals surface area contributed by atoms with Gasteiger partial charge in [0.2, 0.25) is 0 Å². The molecule has 0 aromatic rings. The molecule has 0 bridgehead atoms. The van der Waals surface area contributed by atoms with Gasteiger partial charge in [0, 0.05) is 19.6 Å². The van der Waals surface area contributed by atoms with Crippen molar-refractivity contribution in [2.75, 3.05) is 19.6 Å². The molecular formula is C13H25NO2. The molecule has 0 amide bonds. The molecule has 1 rings (SSSR count). The van der Waals surface area contributed by atoms with Crippen molar-refractivity contribution in [1.82, 2.24) is 4.90 Å². The van der Waals surface area contributed by atoms with Gasteiger partial charge in [0.15, 0.2) is 0 Å². The lowest BCUT2D eigenvalue weighted by atomic mass is 9.94. The Labute approximate surface area is 99.1 Å². The van der Waals surface area contributed by atoms with Gasteiger partial charge in [-0.05, 0) is 26.2 Å². The van der Waals surface area contributed by atoms with Gasteiger partial charge < -0.3 is 4.74 Å². The van der Waals surface area contributed by atoms with Crippen molar-refractivity contribution in [2.45, 2.75) is 47.6 Å². The zero-order valence-corrected chi connectivity index (χ0v) is 11.5. The Morgan fingerprint density at radius 1 is 1.19 bits per heavy atom. The maximum atomic E-state index is 11.6. The molecule has 0 spiro atoms. The van der Waals surface area contributed by atoms with Gasteiger partial charge in [-0.2, -0.15) is 0 Å². The number of ether oxygens (including phenoxy) is 1. The van der Waals surface area contributed by atoms with E-state index in [0.717, 1.165) is 19.6 Å². The highest BCUT2D eigenvalue weighted by molar-refractivity contribution is 5.75. The van der Waals surface area contributed by atoms with Gasteiger partial charge in [0.05, 0.1) is 5.41 Å². The molecule has 3 heteroatoms. The fourth-order valence-electron chi connectivity index (χ4n) is 1.73. The van der Waals surface area contributed by atoms with Crippen LogP contribution in [0, 0.1) is 10.8 Å². The summed E-state index contributed by atoms with van der Waals surface area (Å²) in [5.74, 6) is -0.0899. The third kappa shape index (κ3) is 4.12. The van der Waals surface area contributed by atoms with E-state index >= 15 is 0 Å². The van der Waals surface area contributed by atoms with Crippen LogP contribution in [-0.4, -0.2) is 36.6 Å². The fourth-order valence-corrected chi connectivity index (χ4v) is 1.73. The van der Waals surface area contributed by atoms with Gasteiger partial charge >= 0.3 is 5.97 Å². The molecule has 0 aromatic carbocycles. The number of nitrogens with zero attached hydrogens (tertiary/aromatic N) is 1. The summed E-state index contributed by atoms with van der Waals surface area (Å²) in [5, 5.41) is 0. The molecule has 1 aliphatic heterocycles. The Morgan fingerprint density at radius 2 is 1.69 bits per heavy atom. The van der Waals surface area contributed by atoms with Crippen molar-refractivity contribution < 1.29 is 9.53 Å². The second-order valence-corrected chi connectivity index (χ2v) is 7.03. The number of esters is 1. The van der Waals surface area contributed by atoms with Gasteiger partial charge in [0.25, 0.3) is 0 Å². The van der Waals surface area contributed by atoms with E-state index in [9.17, 15) is 4.79 Å². The van der Waals surface area contributed by atoms with E-state index in [1.165, 1.54) is 0 Å². The quantitative estimate of drug-likeness (QED) is 0.678. The molecule has 0 unspecified atom stereocenters. The minimum absolute atomic E-state index is 0.0899. The molecule has 1 aliphatic rings. The van der Waals surface area contributed by atoms with Gasteiger partial charge in [0.1, 0.15) is 6.10 Å². The third-order valence-corrected chi connectivity index (χ3v) is 2.51. The Balaban J connectivity index is 2.25. The van der Waals surface area contributed by atoms with Crippen LogP contribution in [0.3, 0.4) is 0 Å². The number of likely N-dealkylation sites (tertiary alicyclic amines) is 1. The summed E-state index contributed by atoms with van der Waals surface area (Å²) in [5.41, 5.74) is -0.0660. The van der Waals surface area contributed by atoms with Crippen LogP contribution in [0.4, 0.5) is 0 Å². The van der Waals surface area contributed by atoms with E-state index in [4.69, 9.17) is 4.74 Å². The number of hydrogen-bond acceptors (Lipinski definition) is 3. The summed E-state index contributed by atoms with van der Waals surface area (Å²) in [6.07, 6.45) is 0.106. The Kier molecular flexibility index (Phi) is 3.68. The van der Waals surface area contributed by atoms with Crippen molar-refractivity contribution in [3.63, 3.8) is 0 Å². The Hall–Kier alpha value is -0.570. The van der Waals surface area contributed by atoms with Crippen molar-refractivity contribution in [1.29, 1.82) is 0 Å². The van der Waals surface area contributed by atoms with E-state index in [1.54, 1.807) is 0 Å².